The molecule has 0 bridgehead atoms. The van der Waals surface area contributed by atoms with Gasteiger partial charge in [-0.2, -0.15) is 0 Å². The molecule has 0 spiro atoms. The van der Waals surface area contributed by atoms with Crippen molar-refractivity contribution in [1.29, 1.82) is 0 Å². The van der Waals surface area contributed by atoms with Gasteiger partial charge in [-0.25, -0.2) is 14.8 Å². The van der Waals surface area contributed by atoms with Crippen molar-refractivity contribution >= 4 is 27.4 Å². The summed E-state index contributed by atoms with van der Waals surface area (Å²) in [4.78, 5) is 13.6. The Morgan fingerprint density at radius 3 is 1.68 bits per heavy atom. The average molecular weight is 510 g/mol. The fourth-order valence-electron chi connectivity index (χ4n) is 5.33. The first kappa shape index (κ1) is 23.5. The molecule has 3 nitrogen and oxygen atoms in total. The quantitative estimate of drug-likeness (QED) is 0.221. The summed E-state index contributed by atoms with van der Waals surface area (Å²) in [6.45, 7) is 7.18. The number of hydrogen-bond donors (Lipinski definition) is 0. The number of hydrogen-bond acceptors (Lipinski definition) is 2. The number of benzene rings is 6. The van der Waals surface area contributed by atoms with Crippen LogP contribution in [0.4, 0.5) is 5.69 Å². The van der Waals surface area contributed by atoms with Crippen LogP contribution in [0.25, 0.3) is 71.4 Å². The van der Waals surface area contributed by atoms with Crippen molar-refractivity contribution in [2.45, 2.75) is 0 Å². The SMILES string of the molecule is [C-]#[N+]c1ccc(-c2ccc(-c3ccc(-c4nc(-c5ccccc5)c5ccccc5n4)c4ccccc34)cc2)cc1. The van der Waals surface area contributed by atoms with Gasteiger partial charge in [-0.3, -0.25) is 0 Å². The molecule has 1 aromatic heterocycles. The number of fused-ring (bicyclic) bond motifs is 2. The molecule has 0 aliphatic rings. The van der Waals surface area contributed by atoms with E-state index in [1.165, 1.54) is 5.56 Å². The summed E-state index contributed by atoms with van der Waals surface area (Å²) < 4.78 is 0. The number of nitrogens with zero attached hydrogens (tertiary/aromatic N) is 3. The van der Waals surface area contributed by atoms with E-state index in [0.717, 1.165) is 61.0 Å². The van der Waals surface area contributed by atoms with Crippen LogP contribution in [-0.2, 0) is 0 Å². The van der Waals surface area contributed by atoms with Crippen molar-refractivity contribution in [3.63, 3.8) is 0 Å². The Morgan fingerprint density at radius 2 is 0.975 bits per heavy atom. The summed E-state index contributed by atoms with van der Waals surface area (Å²) in [5.74, 6) is 0.721. The molecular weight excluding hydrogens is 486 g/mol. The van der Waals surface area contributed by atoms with E-state index in [1.54, 1.807) is 0 Å². The minimum atomic E-state index is 0.651. The van der Waals surface area contributed by atoms with E-state index in [2.05, 4.69) is 89.8 Å². The number of aromatic nitrogens is 2. The van der Waals surface area contributed by atoms with Crippen LogP contribution >= 0.6 is 0 Å². The molecule has 7 aromatic rings. The number of para-hydroxylation sites is 1. The lowest BCUT2D eigenvalue weighted by molar-refractivity contribution is 1.23. The summed E-state index contributed by atoms with van der Waals surface area (Å²) in [5.41, 5.74) is 9.14. The molecule has 0 fully saturated rings. The number of rotatable bonds is 4. The Labute approximate surface area is 232 Å². The van der Waals surface area contributed by atoms with E-state index in [9.17, 15) is 0 Å². The van der Waals surface area contributed by atoms with E-state index in [4.69, 9.17) is 16.5 Å². The highest BCUT2D eigenvalue weighted by Crippen LogP contribution is 2.37. The first-order valence-corrected chi connectivity index (χ1v) is 13.2. The maximum atomic E-state index is 7.18. The third kappa shape index (κ3) is 4.18. The van der Waals surface area contributed by atoms with Crippen LogP contribution < -0.4 is 0 Å². The molecule has 0 aliphatic heterocycles. The summed E-state index contributed by atoms with van der Waals surface area (Å²) in [7, 11) is 0. The monoisotopic (exact) mass is 509 g/mol. The molecule has 0 saturated carbocycles. The maximum Gasteiger partial charge on any atom is 0.187 e. The second-order valence-corrected chi connectivity index (χ2v) is 9.72. The van der Waals surface area contributed by atoms with E-state index in [-0.39, 0.29) is 0 Å². The summed E-state index contributed by atoms with van der Waals surface area (Å²) >= 11 is 0. The molecule has 7 rings (SSSR count). The summed E-state index contributed by atoms with van der Waals surface area (Å²) in [6, 6.07) is 47.7. The minimum Gasteiger partial charge on any atom is -0.238 e. The van der Waals surface area contributed by atoms with Gasteiger partial charge in [0.25, 0.3) is 0 Å². The molecule has 1 heterocycles. The molecule has 0 unspecified atom stereocenters. The van der Waals surface area contributed by atoms with Gasteiger partial charge in [0.15, 0.2) is 11.5 Å². The van der Waals surface area contributed by atoms with Crippen LogP contribution in [0.5, 0.6) is 0 Å². The lowest BCUT2D eigenvalue weighted by atomic mass is 9.93. The molecule has 0 N–H and O–H groups in total. The topological polar surface area (TPSA) is 30.1 Å². The zero-order chi connectivity index (χ0) is 26.9. The van der Waals surface area contributed by atoms with Crippen LogP contribution in [0.1, 0.15) is 0 Å². The van der Waals surface area contributed by atoms with Crippen LogP contribution in [0.2, 0.25) is 0 Å². The molecule has 186 valence electrons. The molecule has 0 atom stereocenters. The predicted molar refractivity (Wildman–Crippen MR) is 165 cm³/mol. The summed E-state index contributed by atoms with van der Waals surface area (Å²) in [5, 5.41) is 3.32. The molecule has 0 amide bonds. The zero-order valence-corrected chi connectivity index (χ0v) is 21.6. The molecule has 3 heteroatoms. The normalized spacial score (nSPS) is 11.0. The Morgan fingerprint density at radius 1 is 0.425 bits per heavy atom. The highest BCUT2D eigenvalue weighted by Gasteiger charge is 2.15. The molecular formula is C37H23N3. The lowest BCUT2D eigenvalue weighted by Gasteiger charge is -2.14. The first-order valence-electron chi connectivity index (χ1n) is 13.2. The smallest absolute Gasteiger partial charge is 0.187 e. The Kier molecular flexibility index (Phi) is 5.85. The van der Waals surface area contributed by atoms with Gasteiger partial charge in [0.2, 0.25) is 0 Å². The molecule has 40 heavy (non-hydrogen) atoms. The fraction of sp³-hybridized carbons (Fsp3) is 0. The van der Waals surface area contributed by atoms with Crippen molar-refractivity contribution in [3.05, 3.63) is 151 Å². The summed E-state index contributed by atoms with van der Waals surface area (Å²) in [6.07, 6.45) is 0. The standard InChI is InChI=1S/C37H23N3/c1-38-29-21-19-26(20-22-29)25-15-17-27(18-16-25)30-23-24-33(32-12-6-5-11-31(30)32)37-39-35-14-8-7-13-34(35)36(40-37)28-9-3-2-4-10-28/h2-24H. The van der Waals surface area contributed by atoms with Gasteiger partial charge in [0, 0.05) is 16.5 Å². The maximum absolute atomic E-state index is 7.18. The highest BCUT2D eigenvalue weighted by atomic mass is 14.9. The van der Waals surface area contributed by atoms with E-state index < -0.39 is 0 Å². The third-order valence-corrected chi connectivity index (χ3v) is 7.34. The Hall–Kier alpha value is -5.59. The molecule has 0 saturated heterocycles. The second kappa shape index (κ2) is 9.94. The van der Waals surface area contributed by atoms with Crippen LogP contribution in [0, 0.1) is 6.57 Å². The Balaban J connectivity index is 1.35. The first-order chi connectivity index (χ1) is 19.8. The van der Waals surface area contributed by atoms with Crippen molar-refractivity contribution < 1.29 is 0 Å². The van der Waals surface area contributed by atoms with Crippen LogP contribution in [0.15, 0.2) is 140 Å². The van der Waals surface area contributed by atoms with Gasteiger partial charge in [0.1, 0.15) is 0 Å². The zero-order valence-electron chi connectivity index (χ0n) is 21.6. The minimum absolute atomic E-state index is 0.651. The second-order valence-electron chi connectivity index (χ2n) is 9.72. The lowest BCUT2D eigenvalue weighted by Crippen LogP contribution is -1.96. The van der Waals surface area contributed by atoms with Crippen molar-refractivity contribution in [2.75, 3.05) is 0 Å². The molecule has 0 radical (unpaired) electrons. The van der Waals surface area contributed by atoms with Crippen molar-refractivity contribution in [2.24, 2.45) is 0 Å². The third-order valence-electron chi connectivity index (χ3n) is 7.34. The fourth-order valence-corrected chi connectivity index (χ4v) is 5.33. The van der Waals surface area contributed by atoms with Gasteiger partial charge >= 0.3 is 0 Å². The average Bonchev–Trinajstić information content (AvgIpc) is 3.04. The predicted octanol–water partition coefficient (Wildman–Crippen LogP) is 10.0. The van der Waals surface area contributed by atoms with Crippen molar-refractivity contribution in [3.8, 4) is 44.9 Å². The van der Waals surface area contributed by atoms with Crippen LogP contribution in [-0.4, -0.2) is 9.97 Å². The highest BCUT2D eigenvalue weighted by molar-refractivity contribution is 6.05. The molecule has 0 aliphatic carbocycles. The van der Waals surface area contributed by atoms with Crippen LogP contribution in [0.3, 0.4) is 0 Å². The van der Waals surface area contributed by atoms with Gasteiger partial charge in [-0.05, 0) is 45.2 Å². The van der Waals surface area contributed by atoms with E-state index >= 15 is 0 Å². The Bertz CT molecular complexity index is 2040. The van der Waals surface area contributed by atoms with E-state index in [1.807, 2.05) is 54.6 Å². The van der Waals surface area contributed by atoms with Gasteiger partial charge in [0.05, 0.1) is 17.8 Å². The van der Waals surface area contributed by atoms with Gasteiger partial charge in [-0.1, -0.05) is 127 Å². The van der Waals surface area contributed by atoms with Gasteiger partial charge < -0.3 is 0 Å². The molecule has 6 aromatic carbocycles. The van der Waals surface area contributed by atoms with E-state index in [0.29, 0.717) is 5.69 Å². The largest absolute Gasteiger partial charge is 0.238 e. The van der Waals surface area contributed by atoms with Gasteiger partial charge in [-0.15, -0.1) is 0 Å². The van der Waals surface area contributed by atoms with Crippen molar-refractivity contribution in [1.82, 2.24) is 9.97 Å².